The standard InChI is InChI=1S/C44H57F3/c1-3-5-7-8-9-10-11-12-14-38-27-30-41(44(47)43(38)46)37-25-23-36(24-26-37)40-29-28-39(31-42(40)45)35-21-19-34(20-22-35)33-17-15-32(16-18-33)13-6-4-2/h4,23-35H,2-3,5-22H2,1H3. The van der Waals surface area contributed by atoms with Crippen molar-refractivity contribution in [3.8, 4) is 22.3 Å². The third-order valence-electron chi connectivity index (χ3n) is 11.5. The summed E-state index contributed by atoms with van der Waals surface area (Å²) in [7, 11) is 0. The molecule has 0 heterocycles. The average Bonchev–Trinajstić information content (AvgIpc) is 3.11. The lowest BCUT2D eigenvalue weighted by molar-refractivity contribution is 0.157. The van der Waals surface area contributed by atoms with Crippen LogP contribution >= 0.6 is 0 Å². The molecule has 0 bridgehead atoms. The first-order valence-electron chi connectivity index (χ1n) is 19.0. The molecule has 2 aliphatic carbocycles. The van der Waals surface area contributed by atoms with E-state index >= 15 is 8.78 Å². The van der Waals surface area contributed by atoms with Crippen LogP contribution in [0, 0.1) is 35.2 Å². The van der Waals surface area contributed by atoms with Crippen LogP contribution in [0.2, 0.25) is 0 Å². The van der Waals surface area contributed by atoms with E-state index in [0.29, 0.717) is 29.0 Å². The van der Waals surface area contributed by atoms with Crippen molar-refractivity contribution in [3.63, 3.8) is 0 Å². The Labute approximate surface area is 283 Å². The van der Waals surface area contributed by atoms with Crippen molar-refractivity contribution in [1.82, 2.24) is 0 Å². The van der Waals surface area contributed by atoms with E-state index in [-0.39, 0.29) is 11.4 Å². The van der Waals surface area contributed by atoms with Gasteiger partial charge in [0.1, 0.15) is 5.82 Å². The maximum atomic E-state index is 15.5. The monoisotopic (exact) mass is 642 g/mol. The summed E-state index contributed by atoms with van der Waals surface area (Å²) in [4.78, 5) is 0. The first-order chi connectivity index (χ1) is 23.0. The minimum Gasteiger partial charge on any atom is -0.206 e. The van der Waals surface area contributed by atoms with E-state index in [1.165, 1.54) is 77.0 Å². The maximum Gasteiger partial charge on any atom is 0.166 e. The molecule has 3 heteroatoms. The van der Waals surface area contributed by atoms with Crippen LogP contribution in [0.4, 0.5) is 13.2 Å². The van der Waals surface area contributed by atoms with Crippen molar-refractivity contribution >= 4 is 0 Å². The molecular weight excluding hydrogens is 585 g/mol. The highest BCUT2D eigenvalue weighted by Crippen LogP contribution is 2.45. The number of allylic oxidation sites excluding steroid dienone is 1. The van der Waals surface area contributed by atoms with Crippen molar-refractivity contribution in [2.24, 2.45) is 17.8 Å². The van der Waals surface area contributed by atoms with E-state index in [4.69, 9.17) is 0 Å². The largest absolute Gasteiger partial charge is 0.206 e. The second-order valence-corrected chi connectivity index (χ2v) is 14.7. The molecule has 0 unspecified atom stereocenters. The molecule has 0 aromatic heterocycles. The minimum atomic E-state index is -0.795. The van der Waals surface area contributed by atoms with Gasteiger partial charge in [-0.15, -0.1) is 6.58 Å². The quantitative estimate of drug-likeness (QED) is 0.108. The molecular formula is C44H57F3. The van der Waals surface area contributed by atoms with E-state index in [9.17, 15) is 4.39 Å². The maximum absolute atomic E-state index is 15.5. The highest BCUT2D eigenvalue weighted by atomic mass is 19.2. The van der Waals surface area contributed by atoms with Crippen molar-refractivity contribution < 1.29 is 13.2 Å². The molecule has 0 aliphatic heterocycles. The molecule has 3 aromatic rings. The summed E-state index contributed by atoms with van der Waals surface area (Å²) in [6, 6.07) is 16.3. The Morgan fingerprint density at radius 1 is 0.638 bits per heavy atom. The Hall–Kier alpha value is -2.81. The third kappa shape index (κ3) is 9.64. The van der Waals surface area contributed by atoms with Gasteiger partial charge in [-0.25, -0.2) is 13.2 Å². The Morgan fingerprint density at radius 3 is 1.83 bits per heavy atom. The van der Waals surface area contributed by atoms with E-state index in [0.717, 1.165) is 67.4 Å². The van der Waals surface area contributed by atoms with Gasteiger partial charge >= 0.3 is 0 Å². The van der Waals surface area contributed by atoms with Gasteiger partial charge in [-0.3, -0.25) is 0 Å². The van der Waals surface area contributed by atoms with Crippen LogP contribution in [0.5, 0.6) is 0 Å². The van der Waals surface area contributed by atoms with Crippen LogP contribution in [-0.4, -0.2) is 0 Å². The number of aryl methyl sites for hydroxylation is 1. The van der Waals surface area contributed by atoms with Gasteiger partial charge in [-0.1, -0.05) is 119 Å². The van der Waals surface area contributed by atoms with Crippen LogP contribution < -0.4 is 0 Å². The summed E-state index contributed by atoms with van der Waals surface area (Å²) in [5.74, 6) is 1.28. The molecule has 0 radical (unpaired) electrons. The van der Waals surface area contributed by atoms with Crippen LogP contribution in [0.25, 0.3) is 22.3 Å². The van der Waals surface area contributed by atoms with E-state index in [1.807, 2.05) is 18.2 Å². The lowest BCUT2D eigenvalue weighted by Crippen LogP contribution is -2.25. The molecule has 0 nitrogen and oxygen atoms in total. The zero-order chi connectivity index (χ0) is 33.0. The second kappa shape index (κ2) is 18.1. The molecule has 0 atom stereocenters. The summed E-state index contributed by atoms with van der Waals surface area (Å²) in [6.07, 6.45) is 24.8. The minimum absolute atomic E-state index is 0.210. The molecule has 2 saturated carbocycles. The fraction of sp³-hybridized carbons (Fsp3) is 0.545. The van der Waals surface area contributed by atoms with Crippen LogP contribution in [-0.2, 0) is 6.42 Å². The van der Waals surface area contributed by atoms with Crippen molar-refractivity contribution in [3.05, 3.63) is 95.8 Å². The van der Waals surface area contributed by atoms with Gasteiger partial charge in [0, 0.05) is 11.1 Å². The summed E-state index contributed by atoms with van der Waals surface area (Å²) in [5.41, 5.74) is 3.71. The fourth-order valence-corrected chi connectivity index (χ4v) is 8.53. The summed E-state index contributed by atoms with van der Waals surface area (Å²) >= 11 is 0. The van der Waals surface area contributed by atoms with Crippen LogP contribution in [0.3, 0.4) is 0 Å². The van der Waals surface area contributed by atoms with Crippen LogP contribution in [0.15, 0.2) is 67.3 Å². The molecule has 0 spiro atoms. The fourth-order valence-electron chi connectivity index (χ4n) is 8.53. The lowest BCUT2D eigenvalue weighted by atomic mass is 9.68. The van der Waals surface area contributed by atoms with Gasteiger partial charge in [0.25, 0.3) is 0 Å². The van der Waals surface area contributed by atoms with E-state index in [2.05, 4.69) is 25.6 Å². The Kier molecular flexibility index (Phi) is 13.7. The highest BCUT2D eigenvalue weighted by molar-refractivity contribution is 5.71. The number of hydrogen-bond donors (Lipinski definition) is 0. The summed E-state index contributed by atoms with van der Waals surface area (Å²) in [5, 5.41) is 0. The lowest BCUT2D eigenvalue weighted by Gasteiger charge is -2.38. The zero-order valence-corrected chi connectivity index (χ0v) is 28.9. The predicted molar refractivity (Wildman–Crippen MR) is 193 cm³/mol. The molecule has 2 aliphatic rings. The van der Waals surface area contributed by atoms with Gasteiger partial charge in [0.15, 0.2) is 11.6 Å². The molecule has 0 saturated heterocycles. The normalized spacial score (nSPS) is 21.5. The number of halogens is 3. The molecule has 254 valence electrons. The first-order valence-corrected chi connectivity index (χ1v) is 19.0. The smallest absolute Gasteiger partial charge is 0.166 e. The molecule has 0 N–H and O–H groups in total. The number of hydrogen-bond acceptors (Lipinski definition) is 0. The SMILES string of the molecule is C=CCCC1CCC(C2CCC(c3ccc(-c4ccc(-c5ccc(CCCCCCCCCC)c(F)c5F)cc4)c(F)c3)CC2)CC1. The van der Waals surface area contributed by atoms with E-state index in [1.54, 1.807) is 30.3 Å². The van der Waals surface area contributed by atoms with Gasteiger partial charge in [0.05, 0.1) is 0 Å². The predicted octanol–water partition coefficient (Wildman–Crippen LogP) is 14.2. The van der Waals surface area contributed by atoms with Gasteiger partial charge < -0.3 is 0 Å². The third-order valence-corrected chi connectivity index (χ3v) is 11.5. The molecule has 3 aromatic carbocycles. The Bertz CT molecular complexity index is 1390. The molecule has 5 rings (SSSR count). The van der Waals surface area contributed by atoms with Crippen molar-refractivity contribution in [1.29, 1.82) is 0 Å². The van der Waals surface area contributed by atoms with Gasteiger partial charge in [0.2, 0.25) is 0 Å². The highest BCUT2D eigenvalue weighted by Gasteiger charge is 2.31. The van der Waals surface area contributed by atoms with E-state index < -0.39 is 11.6 Å². The van der Waals surface area contributed by atoms with Gasteiger partial charge in [-0.2, -0.15) is 0 Å². The Balaban J connectivity index is 1.12. The topological polar surface area (TPSA) is 0 Å². The molecule has 47 heavy (non-hydrogen) atoms. The molecule has 2 fully saturated rings. The average molecular weight is 643 g/mol. The summed E-state index contributed by atoms with van der Waals surface area (Å²) < 4.78 is 45.6. The summed E-state index contributed by atoms with van der Waals surface area (Å²) in [6.45, 7) is 6.10. The number of rotatable bonds is 16. The van der Waals surface area contributed by atoms with Crippen molar-refractivity contribution in [2.45, 2.75) is 135 Å². The van der Waals surface area contributed by atoms with Gasteiger partial charge in [-0.05, 0) is 116 Å². The zero-order valence-electron chi connectivity index (χ0n) is 28.9. The molecule has 0 amide bonds. The second-order valence-electron chi connectivity index (χ2n) is 14.7. The van der Waals surface area contributed by atoms with Crippen molar-refractivity contribution in [2.75, 3.05) is 0 Å². The number of benzene rings is 3. The number of unbranched alkanes of at least 4 members (excludes halogenated alkanes) is 7. The van der Waals surface area contributed by atoms with Crippen LogP contribution in [0.1, 0.15) is 140 Å². The first kappa shape index (κ1) is 35.5. The Morgan fingerprint density at radius 2 is 1.21 bits per heavy atom.